The lowest BCUT2D eigenvalue weighted by Crippen LogP contribution is -2.26. The van der Waals surface area contributed by atoms with Crippen molar-refractivity contribution in [2.24, 2.45) is 0 Å². The molecule has 0 spiro atoms. The summed E-state index contributed by atoms with van der Waals surface area (Å²) in [6.07, 6.45) is 0.779. The van der Waals surface area contributed by atoms with Crippen LogP contribution in [0.15, 0.2) is 18.2 Å². The van der Waals surface area contributed by atoms with Crippen molar-refractivity contribution in [1.29, 1.82) is 0 Å². The SMILES string of the molecule is CCC(Oc1ccc2c(c1)C(C)(C)CC2(C)C)C(=O)O. The Kier molecular flexibility index (Phi) is 3.57. The Balaban J connectivity index is 2.36. The van der Waals surface area contributed by atoms with Crippen molar-refractivity contribution >= 4 is 5.97 Å². The topological polar surface area (TPSA) is 46.5 Å². The zero-order chi connectivity index (χ0) is 15.1. The average Bonchev–Trinajstić information content (AvgIpc) is 2.51. The van der Waals surface area contributed by atoms with Crippen LogP contribution in [0.3, 0.4) is 0 Å². The minimum atomic E-state index is -0.910. The molecule has 3 heteroatoms. The number of rotatable bonds is 4. The van der Waals surface area contributed by atoms with Crippen LogP contribution in [0.5, 0.6) is 5.75 Å². The first-order valence-electron chi connectivity index (χ1n) is 7.22. The van der Waals surface area contributed by atoms with Gasteiger partial charge in [0.25, 0.3) is 0 Å². The molecule has 110 valence electrons. The molecule has 0 aliphatic heterocycles. The predicted molar refractivity (Wildman–Crippen MR) is 79.5 cm³/mol. The number of hydrogen-bond donors (Lipinski definition) is 1. The molecule has 1 aliphatic carbocycles. The first-order valence-corrected chi connectivity index (χ1v) is 7.22. The van der Waals surface area contributed by atoms with Crippen molar-refractivity contribution in [3.8, 4) is 5.75 Å². The molecule has 0 radical (unpaired) electrons. The largest absolute Gasteiger partial charge is 0.479 e. The summed E-state index contributed by atoms with van der Waals surface area (Å²) < 4.78 is 5.61. The van der Waals surface area contributed by atoms with Gasteiger partial charge in [-0.2, -0.15) is 0 Å². The number of hydrogen-bond acceptors (Lipinski definition) is 2. The smallest absolute Gasteiger partial charge is 0.344 e. The van der Waals surface area contributed by atoms with Crippen LogP contribution in [-0.2, 0) is 15.6 Å². The number of carboxylic acids is 1. The number of aliphatic carboxylic acids is 1. The summed E-state index contributed by atoms with van der Waals surface area (Å²) in [6, 6.07) is 6.01. The molecule has 0 saturated carbocycles. The van der Waals surface area contributed by atoms with Crippen molar-refractivity contribution in [1.82, 2.24) is 0 Å². The van der Waals surface area contributed by atoms with E-state index in [0.717, 1.165) is 6.42 Å². The molecule has 0 aromatic heterocycles. The van der Waals surface area contributed by atoms with E-state index < -0.39 is 12.1 Å². The number of ether oxygens (including phenoxy) is 1. The van der Waals surface area contributed by atoms with Crippen molar-refractivity contribution in [2.75, 3.05) is 0 Å². The molecule has 0 heterocycles. The third-order valence-electron chi connectivity index (χ3n) is 4.26. The molecule has 1 atom stereocenters. The van der Waals surface area contributed by atoms with E-state index in [4.69, 9.17) is 9.84 Å². The van der Waals surface area contributed by atoms with Gasteiger partial charge in [-0.1, -0.05) is 40.7 Å². The molecule has 1 aromatic rings. The fourth-order valence-corrected chi connectivity index (χ4v) is 3.51. The lowest BCUT2D eigenvalue weighted by Gasteiger charge is -2.22. The predicted octanol–water partition coefficient (Wildman–Crippen LogP) is 3.89. The van der Waals surface area contributed by atoms with E-state index in [1.807, 2.05) is 19.1 Å². The Morgan fingerprint density at radius 3 is 2.40 bits per heavy atom. The van der Waals surface area contributed by atoms with Crippen LogP contribution in [0.2, 0.25) is 0 Å². The van der Waals surface area contributed by atoms with E-state index in [2.05, 4.69) is 33.8 Å². The number of fused-ring (bicyclic) bond motifs is 1. The van der Waals surface area contributed by atoms with Gasteiger partial charge in [-0.25, -0.2) is 4.79 Å². The molecule has 1 aliphatic rings. The summed E-state index contributed by atoms with van der Waals surface area (Å²) >= 11 is 0. The Hall–Kier alpha value is -1.51. The maximum Gasteiger partial charge on any atom is 0.344 e. The van der Waals surface area contributed by atoms with E-state index in [1.54, 1.807) is 0 Å². The fraction of sp³-hybridized carbons (Fsp3) is 0.588. The van der Waals surface area contributed by atoms with Crippen molar-refractivity contribution in [3.63, 3.8) is 0 Å². The van der Waals surface area contributed by atoms with Gasteiger partial charge in [0.2, 0.25) is 0 Å². The maximum absolute atomic E-state index is 11.1. The van der Waals surface area contributed by atoms with Gasteiger partial charge >= 0.3 is 5.97 Å². The summed E-state index contributed by atoms with van der Waals surface area (Å²) in [5.74, 6) is -0.253. The highest BCUT2D eigenvalue weighted by Gasteiger charge is 2.41. The highest BCUT2D eigenvalue weighted by Crippen LogP contribution is 2.50. The fourth-order valence-electron chi connectivity index (χ4n) is 3.51. The molecular formula is C17H24O3. The number of benzene rings is 1. The molecule has 1 aromatic carbocycles. The Morgan fingerprint density at radius 1 is 1.25 bits per heavy atom. The van der Waals surface area contributed by atoms with Crippen LogP contribution in [0, 0.1) is 0 Å². The normalized spacial score (nSPS) is 20.2. The van der Waals surface area contributed by atoms with Gasteiger partial charge in [-0.05, 0) is 46.9 Å². The Labute approximate surface area is 121 Å². The standard InChI is InChI=1S/C17H24O3/c1-6-14(15(18)19)20-11-7-8-12-13(9-11)17(4,5)10-16(12,2)3/h7-9,14H,6,10H2,1-5H3,(H,18,19). The van der Waals surface area contributed by atoms with Gasteiger partial charge in [0.15, 0.2) is 6.10 Å². The van der Waals surface area contributed by atoms with Gasteiger partial charge in [-0.15, -0.1) is 0 Å². The molecule has 0 fully saturated rings. The second kappa shape index (κ2) is 4.80. The highest BCUT2D eigenvalue weighted by molar-refractivity contribution is 5.72. The van der Waals surface area contributed by atoms with Crippen LogP contribution in [0.4, 0.5) is 0 Å². The molecule has 2 rings (SSSR count). The average molecular weight is 276 g/mol. The maximum atomic E-state index is 11.1. The van der Waals surface area contributed by atoms with E-state index in [9.17, 15) is 4.79 Å². The second-order valence-corrected chi connectivity index (χ2v) is 7.00. The van der Waals surface area contributed by atoms with Crippen LogP contribution in [-0.4, -0.2) is 17.2 Å². The first kappa shape index (κ1) is 14.9. The molecule has 20 heavy (non-hydrogen) atoms. The zero-order valence-electron chi connectivity index (χ0n) is 13.0. The Morgan fingerprint density at radius 2 is 1.85 bits per heavy atom. The van der Waals surface area contributed by atoms with Gasteiger partial charge in [-0.3, -0.25) is 0 Å². The number of carboxylic acid groups (broad SMARTS) is 1. The van der Waals surface area contributed by atoms with Crippen LogP contribution in [0.25, 0.3) is 0 Å². The van der Waals surface area contributed by atoms with Crippen LogP contribution >= 0.6 is 0 Å². The van der Waals surface area contributed by atoms with Gasteiger partial charge < -0.3 is 9.84 Å². The molecule has 1 unspecified atom stereocenters. The van der Waals surface area contributed by atoms with Crippen LogP contribution in [0.1, 0.15) is 58.6 Å². The molecule has 0 saturated heterocycles. The van der Waals surface area contributed by atoms with Crippen LogP contribution < -0.4 is 4.74 Å². The van der Waals surface area contributed by atoms with Crippen molar-refractivity contribution in [3.05, 3.63) is 29.3 Å². The summed E-state index contributed by atoms with van der Waals surface area (Å²) in [4.78, 5) is 11.1. The third-order valence-corrected chi connectivity index (χ3v) is 4.26. The highest BCUT2D eigenvalue weighted by atomic mass is 16.5. The van der Waals surface area contributed by atoms with Crippen molar-refractivity contribution in [2.45, 2.75) is 64.4 Å². The van der Waals surface area contributed by atoms with E-state index in [0.29, 0.717) is 12.2 Å². The van der Waals surface area contributed by atoms with Gasteiger partial charge in [0.1, 0.15) is 5.75 Å². The quantitative estimate of drug-likeness (QED) is 0.907. The lowest BCUT2D eigenvalue weighted by molar-refractivity contribution is -0.145. The minimum Gasteiger partial charge on any atom is -0.479 e. The van der Waals surface area contributed by atoms with E-state index >= 15 is 0 Å². The zero-order valence-corrected chi connectivity index (χ0v) is 13.0. The third kappa shape index (κ3) is 2.54. The summed E-state index contributed by atoms with van der Waals surface area (Å²) in [7, 11) is 0. The lowest BCUT2D eigenvalue weighted by atomic mass is 9.82. The molecular weight excluding hydrogens is 252 g/mol. The van der Waals surface area contributed by atoms with E-state index in [1.165, 1.54) is 11.1 Å². The summed E-state index contributed by atoms with van der Waals surface area (Å²) in [5, 5.41) is 9.09. The molecule has 3 nitrogen and oxygen atoms in total. The minimum absolute atomic E-state index is 0.100. The summed E-state index contributed by atoms with van der Waals surface area (Å²) in [5.41, 5.74) is 2.88. The van der Waals surface area contributed by atoms with E-state index in [-0.39, 0.29) is 10.8 Å². The Bertz CT molecular complexity index is 529. The van der Waals surface area contributed by atoms with Gasteiger partial charge in [0.05, 0.1) is 0 Å². The molecule has 0 amide bonds. The van der Waals surface area contributed by atoms with Gasteiger partial charge in [0, 0.05) is 0 Å². The van der Waals surface area contributed by atoms with Crippen molar-refractivity contribution < 1.29 is 14.6 Å². The second-order valence-electron chi connectivity index (χ2n) is 7.00. The number of carbonyl (C=O) groups is 1. The molecule has 0 bridgehead atoms. The summed E-state index contributed by atoms with van der Waals surface area (Å²) in [6.45, 7) is 10.8. The molecule has 1 N–H and O–H groups in total. The first-order chi connectivity index (χ1) is 9.17. The monoisotopic (exact) mass is 276 g/mol.